The van der Waals surface area contributed by atoms with Crippen LogP contribution >= 0.6 is 11.6 Å². The first-order valence-corrected chi connectivity index (χ1v) is 9.25. The quantitative estimate of drug-likeness (QED) is 0.643. The molecule has 1 aromatic heterocycles. The van der Waals surface area contributed by atoms with Gasteiger partial charge in [0.1, 0.15) is 22.7 Å². The van der Waals surface area contributed by atoms with Crippen LogP contribution in [0.25, 0.3) is 5.69 Å². The Morgan fingerprint density at radius 1 is 1.26 bits per heavy atom. The molecule has 4 rings (SSSR count). The lowest BCUT2D eigenvalue weighted by Gasteiger charge is -2.19. The first-order chi connectivity index (χ1) is 12.9. The molecule has 27 heavy (non-hydrogen) atoms. The van der Waals surface area contributed by atoms with Crippen molar-refractivity contribution >= 4 is 33.3 Å². The van der Waals surface area contributed by atoms with Gasteiger partial charge < -0.3 is 14.2 Å². The lowest BCUT2D eigenvalue weighted by atomic mass is 10.2. The van der Waals surface area contributed by atoms with Gasteiger partial charge in [0, 0.05) is 12.1 Å². The highest BCUT2D eigenvalue weighted by Crippen LogP contribution is 2.36. The van der Waals surface area contributed by atoms with Gasteiger partial charge in [-0.3, -0.25) is 4.79 Å². The molecule has 0 spiro atoms. The van der Waals surface area contributed by atoms with Gasteiger partial charge in [0.15, 0.2) is 6.61 Å². The number of benzene rings is 2. The van der Waals surface area contributed by atoms with Crippen molar-refractivity contribution in [1.29, 1.82) is 0 Å². The van der Waals surface area contributed by atoms with Crippen LogP contribution in [0.2, 0.25) is 5.02 Å². The number of hydrogen-bond acceptors (Lipinski definition) is 8. The number of aromatic nitrogens is 4. The van der Waals surface area contributed by atoms with E-state index in [1.165, 1.54) is 35.3 Å². The molecule has 0 radical (unpaired) electrons. The molecule has 1 N–H and O–H groups in total. The summed E-state index contributed by atoms with van der Waals surface area (Å²) in [5.74, 6) is -0.125. The minimum absolute atomic E-state index is 0.0472. The molecule has 1 aliphatic rings. The fourth-order valence-corrected chi connectivity index (χ4v) is 3.85. The van der Waals surface area contributed by atoms with Gasteiger partial charge in [-0.15, -0.1) is 5.10 Å². The van der Waals surface area contributed by atoms with Gasteiger partial charge in [-0.2, -0.15) is 8.42 Å². The molecule has 0 fully saturated rings. The second-order valence-corrected chi connectivity index (χ2v) is 7.33. The average molecular weight is 408 g/mol. The van der Waals surface area contributed by atoms with Crippen molar-refractivity contribution in [2.45, 2.75) is 4.90 Å². The zero-order valence-electron chi connectivity index (χ0n) is 13.4. The maximum absolute atomic E-state index is 12.7. The molecule has 3 aromatic rings. The summed E-state index contributed by atoms with van der Waals surface area (Å²) >= 11 is 6.08. The number of amides is 1. The van der Waals surface area contributed by atoms with Gasteiger partial charge in [-0.1, -0.05) is 17.7 Å². The summed E-state index contributed by atoms with van der Waals surface area (Å²) in [5.41, 5.74) is 0.797. The van der Waals surface area contributed by atoms with Crippen LogP contribution in [0.3, 0.4) is 0 Å². The van der Waals surface area contributed by atoms with E-state index in [2.05, 4.69) is 20.8 Å². The van der Waals surface area contributed by atoms with Gasteiger partial charge in [-0.05, 0) is 28.6 Å². The molecule has 12 heteroatoms. The fourth-order valence-electron chi connectivity index (χ4n) is 2.40. The zero-order chi connectivity index (χ0) is 19.0. The lowest BCUT2D eigenvalue weighted by molar-refractivity contribution is -0.118. The van der Waals surface area contributed by atoms with Crippen LogP contribution in [0.4, 0.5) is 5.69 Å². The molecule has 0 atom stereocenters. The van der Waals surface area contributed by atoms with Crippen molar-refractivity contribution in [3.05, 3.63) is 47.7 Å². The number of anilines is 1. The van der Waals surface area contributed by atoms with Crippen LogP contribution in [0, 0.1) is 0 Å². The first-order valence-electron chi connectivity index (χ1n) is 7.46. The van der Waals surface area contributed by atoms with Crippen LogP contribution in [-0.2, 0) is 14.9 Å². The van der Waals surface area contributed by atoms with Crippen LogP contribution in [0.1, 0.15) is 0 Å². The van der Waals surface area contributed by atoms with Crippen molar-refractivity contribution in [2.24, 2.45) is 0 Å². The number of nitrogens with zero attached hydrogens (tertiary/aromatic N) is 4. The maximum atomic E-state index is 12.7. The maximum Gasteiger partial charge on any atom is 0.340 e. The van der Waals surface area contributed by atoms with E-state index in [-0.39, 0.29) is 39.6 Å². The smallest absolute Gasteiger partial charge is 0.340 e. The number of rotatable bonds is 4. The van der Waals surface area contributed by atoms with Crippen molar-refractivity contribution in [3.63, 3.8) is 0 Å². The second kappa shape index (κ2) is 6.52. The number of nitrogens with one attached hydrogen (secondary N) is 1. The van der Waals surface area contributed by atoms with Gasteiger partial charge in [-0.25, -0.2) is 4.68 Å². The minimum atomic E-state index is -4.26. The van der Waals surface area contributed by atoms with Crippen LogP contribution in [-0.4, -0.2) is 41.1 Å². The summed E-state index contributed by atoms with van der Waals surface area (Å²) in [4.78, 5) is 11.1. The Kier molecular flexibility index (Phi) is 4.16. The highest BCUT2D eigenvalue weighted by Gasteiger charge is 2.26. The molecule has 138 valence electrons. The largest absolute Gasteiger partial charge is 0.482 e. The minimum Gasteiger partial charge on any atom is -0.482 e. The van der Waals surface area contributed by atoms with Crippen molar-refractivity contribution in [2.75, 3.05) is 11.9 Å². The standard InChI is InChI=1S/C15H10ClN5O5S/c16-11-5-12-13(25-7-15(22)18-12)6-14(11)27(23,24)26-10-3-1-2-9(4-10)21-8-17-19-20-21/h1-6,8H,7H2,(H,18,22). The Labute approximate surface area is 157 Å². The second-order valence-electron chi connectivity index (χ2n) is 5.40. The Morgan fingerprint density at radius 2 is 2.11 bits per heavy atom. The van der Waals surface area contributed by atoms with E-state index >= 15 is 0 Å². The third kappa shape index (κ3) is 3.41. The van der Waals surface area contributed by atoms with Crippen molar-refractivity contribution < 1.29 is 22.1 Å². The Morgan fingerprint density at radius 3 is 2.89 bits per heavy atom. The van der Waals surface area contributed by atoms with Gasteiger partial charge in [0.25, 0.3) is 5.91 Å². The van der Waals surface area contributed by atoms with Crippen molar-refractivity contribution in [3.8, 4) is 17.2 Å². The molecular weight excluding hydrogens is 398 g/mol. The highest BCUT2D eigenvalue weighted by atomic mass is 35.5. The summed E-state index contributed by atoms with van der Waals surface area (Å²) < 4.78 is 37.1. The number of hydrogen-bond donors (Lipinski definition) is 1. The predicted molar refractivity (Wildman–Crippen MR) is 92.5 cm³/mol. The Balaban J connectivity index is 1.67. The molecule has 0 saturated heterocycles. The topological polar surface area (TPSA) is 125 Å². The predicted octanol–water partition coefficient (Wildman–Crippen LogP) is 1.41. The number of fused-ring (bicyclic) bond motifs is 1. The average Bonchev–Trinajstić information content (AvgIpc) is 3.15. The first kappa shape index (κ1) is 17.2. The number of ether oxygens (including phenoxy) is 1. The molecule has 1 aliphatic heterocycles. The van der Waals surface area contributed by atoms with Gasteiger partial charge in [0.2, 0.25) is 0 Å². The van der Waals surface area contributed by atoms with Gasteiger partial charge in [0.05, 0.1) is 16.4 Å². The highest BCUT2D eigenvalue weighted by molar-refractivity contribution is 7.87. The summed E-state index contributed by atoms with van der Waals surface area (Å²) in [7, 11) is -4.26. The molecule has 0 saturated carbocycles. The SMILES string of the molecule is O=C1COc2cc(S(=O)(=O)Oc3cccc(-n4cnnn4)c3)c(Cl)cc2N1. The van der Waals surface area contributed by atoms with E-state index in [4.69, 9.17) is 20.5 Å². The molecule has 2 heterocycles. The fraction of sp³-hybridized carbons (Fsp3) is 0.0667. The third-order valence-electron chi connectivity index (χ3n) is 3.57. The third-order valence-corrected chi connectivity index (χ3v) is 5.29. The molecule has 10 nitrogen and oxygen atoms in total. The summed E-state index contributed by atoms with van der Waals surface area (Å²) in [5, 5.41) is 13.2. The Hall–Kier alpha value is -3.18. The molecule has 0 bridgehead atoms. The van der Waals surface area contributed by atoms with Crippen molar-refractivity contribution in [1.82, 2.24) is 20.2 Å². The van der Waals surface area contributed by atoms with Crippen LogP contribution in [0.5, 0.6) is 11.5 Å². The van der Waals surface area contributed by atoms with E-state index < -0.39 is 10.1 Å². The van der Waals surface area contributed by atoms with Crippen LogP contribution in [0.15, 0.2) is 47.6 Å². The van der Waals surface area contributed by atoms with E-state index in [9.17, 15) is 13.2 Å². The van der Waals surface area contributed by atoms with E-state index in [0.717, 1.165) is 0 Å². The molecule has 1 amide bonds. The number of halogens is 1. The van der Waals surface area contributed by atoms with E-state index in [1.807, 2.05) is 0 Å². The number of carbonyl (C=O) groups is 1. The van der Waals surface area contributed by atoms with Crippen LogP contribution < -0.4 is 14.2 Å². The van der Waals surface area contributed by atoms with Gasteiger partial charge >= 0.3 is 10.1 Å². The molecule has 0 aliphatic carbocycles. The molecule has 0 unspecified atom stereocenters. The lowest BCUT2D eigenvalue weighted by Crippen LogP contribution is -2.25. The normalized spacial score (nSPS) is 13.4. The number of carbonyl (C=O) groups excluding carboxylic acids is 1. The summed E-state index contributed by atoms with van der Waals surface area (Å²) in [6, 6.07) is 8.69. The zero-order valence-corrected chi connectivity index (χ0v) is 14.9. The molecular formula is C15H10ClN5O5S. The summed E-state index contributed by atoms with van der Waals surface area (Å²) in [6.45, 7) is -0.219. The van der Waals surface area contributed by atoms with E-state index in [1.54, 1.807) is 12.1 Å². The van der Waals surface area contributed by atoms with E-state index in [0.29, 0.717) is 5.69 Å². The summed E-state index contributed by atoms with van der Waals surface area (Å²) in [6.07, 6.45) is 1.36. The monoisotopic (exact) mass is 407 g/mol. The Bertz CT molecular complexity index is 1130. The number of tetrazole rings is 1. The molecule has 2 aromatic carbocycles.